The van der Waals surface area contributed by atoms with Crippen LogP contribution in [0.5, 0.6) is 0 Å². The van der Waals surface area contributed by atoms with E-state index in [1.165, 1.54) is 6.07 Å². The predicted molar refractivity (Wildman–Crippen MR) is 70.1 cm³/mol. The van der Waals surface area contributed by atoms with Crippen molar-refractivity contribution >= 4 is 23.0 Å². The standard InChI is InChI=1S/C12H13ClFN3O2/c13-9-1-12(17(18)19)11(2-10(9)14)16-5-7-3-15-4-8(7)6-16/h1-2,7-8,15H,3-6H2. The van der Waals surface area contributed by atoms with Crippen molar-refractivity contribution in [2.45, 2.75) is 0 Å². The Balaban J connectivity index is 1.96. The van der Waals surface area contributed by atoms with Gasteiger partial charge in [0.05, 0.1) is 9.95 Å². The Hall–Kier alpha value is -1.40. The zero-order chi connectivity index (χ0) is 13.6. The molecule has 0 radical (unpaired) electrons. The molecule has 3 rings (SSSR count). The monoisotopic (exact) mass is 285 g/mol. The van der Waals surface area contributed by atoms with Crippen LogP contribution in [0.4, 0.5) is 15.8 Å². The van der Waals surface area contributed by atoms with Gasteiger partial charge in [-0.15, -0.1) is 0 Å². The predicted octanol–water partition coefficient (Wildman–Crippen LogP) is 2.04. The number of hydrogen-bond acceptors (Lipinski definition) is 4. The van der Waals surface area contributed by atoms with Crippen LogP contribution in [0, 0.1) is 27.8 Å². The summed E-state index contributed by atoms with van der Waals surface area (Å²) in [6.45, 7) is 3.29. The van der Waals surface area contributed by atoms with Gasteiger partial charge in [-0.25, -0.2) is 4.39 Å². The molecule has 7 heteroatoms. The van der Waals surface area contributed by atoms with Gasteiger partial charge >= 0.3 is 0 Å². The molecule has 2 atom stereocenters. The Morgan fingerprint density at radius 3 is 2.58 bits per heavy atom. The van der Waals surface area contributed by atoms with Crippen molar-refractivity contribution in [3.8, 4) is 0 Å². The SMILES string of the molecule is O=[N+]([O-])c1cc(Cl)c(F)cc1N1CC2CNCC2C1. The number of anilines is 1. The highest BCUT2D eigenvalue weighted by atomic mass is 35.5. The van der Waals surface area contributed by atoms with Crippen molar-refractivity contribution in [3.05, 3.63) is 33.1 Å². The molecule has 102 valence electrons. The minimum absolute atomic E-state index is 0.126. The average Bonchev–Trinajstić information content (AvgIpc) is 2.92. The third kappa shape index (κ3) is 2.15. The summed E-state index contributed by atoms with van der Waals surface area (Å²) in [5, 5.41) is 14.2. The van der Waals surface area contributed by atoms with Gasteiger partial charge in [-0.3, -0.25) is 10.1 Å². The molecule has 0 amide bonds. The van der Waals surface area contributed by atoms with Crippen LogP contribution < -0.4 is 10.2 Å². The molecule has 0 aromatic heterocycles. The van der Waals surface area contributed by atoms with Crippen LogP contribution in [0.1, 0.15) is 0 Å². The molecule has 1 N–H and O–H groups in total. The van der Waals surface area contributed by atoms with Crippen LogP contribution in [0.3, 0.4) is 0 Å². The second kappa shape index (κ2) is 4.61. The van der Waals surface area contributed by atoms with E-state index in [4.69, 9.17) is 11.6 Å². The fourth-order valence-corrected chi connectivity index (χ4v) is 3.14. The lowest BCUT2D eigenvalue weighted by atomic mass is 10.0. The summed E-state index contributed by atoms with van der Waals surface area (Å²) in [6, 6.07) is 2.27. The fraction of sp³-hybridized carbons (Fsp3) is 0.500. The number of nitrogens with one attached hydrogen (secondary N) is 1. The number of rotatable bonds is 2. The Labute approximate surface area is 114 Å². The molecule has 19 heavy (non-hydrogen) atoms. The van der Waals surface area contributed by atoms with Gasteiger partial charge in [0, 0.05) is 38.3 Å². The average molecular weight is 286 g/mol. The first-order chi connectivity index (χ1) is 9.06. The number of benzene rings is 1. The summed E-state index contributed by atoms with van der Waals surface area (Å²) in [5.41, 5.74) is 0.209. The molecule has 2 unspecified atom stereocenters. The third-order valence-electron chi connectivity index (χ3n) is 3.94. The molecule has 0 aliphatic carbocycles. The van der Waals surface area contributed by atoms with Crippen LogP contribution >= 0.6 is 11.6 Å². The maximum atomic E-state index is 13.6. The topological polar surface area (TPSA) is 58.4 Å². The summed E-state index contributed by atoms with van der Waals surface area (Å²) in [6.07, 6.45) is 0. The number of halogens is 2. The molecule has 2 saturated heterocycles. The van der Waals surface area contributed by atoms with E-state index in [9.17, 15) is 14.5 Å². The highest BCUT2D eigenvalue weighted by Crippen LogP contribution is 2.38. The van der Waals surface area contributed by atoms with Gasteiger partial charge in [-0.2, -0.15) is 0 Å². The van der Waals surface area contributed by atoms with E-state index in [0.717, 1.165) is 32.2 Å². The normalized spacial score (nSPS) is 25.7. The van der Waals surface area contributed by atoms with E-state index in [-0.39, 0.29) is 10.7 Å². The first kappa shape index (κ1) is 12.6. The van der Waals surface area contributed by atoms with E-state index in [2.05, 4.69) is 5.32 Å². The molecule has 0 bridgehead atoms. The molecule has 5 nitrogen and oxygen atoms in total. The largest absolute Gasteiger partial charge is 0.365 e. The van der Waals surface area contributed by atoms with Crippen LogP contribution in [-0.2, 0) is 0 Å². The quantitative estimate of drug-likeness (QED) is 0.667. The summed E-state index contributed by atoms with van der Waals surface area (Å²) in [5.74, 6) is 0.356. The van der Waals surface area contributed by atoms with Crippen molar-refractivity contribution in [2.24, 2.45) is 11.8 Å². The van der Waals surface area contributed by atoms with Crippen LogP contribution in [-0.4, -0.2) is 31.1 Å². The van der Waals surface area contributed by atoms with Crippen molar-refractivity contribution < 1.29 is 9.31 Å². The second-order valence-corrected chi connectivity index (χ2v) is 5.50. The van der Waals surface area contributed by atoms with Gasteiger partial charge in [0.1, 0.15) is 11.5 Å². The lowest BCUT2D eigenvalue weighted by Crippen LogP contribution is -2.26. The molecule has 2 fully saturated rings. The molecule has 2 aliphatic heterocycles. The van der Waals surface area contributed by atoms with Gasteiger partial charge in [0.25, 0.3) is 5.69 Å². The second-order valence-electron chi connectivity index (χ2n) is 5.10. The first-order valence-corrected chi connectivity index (χ1v) is 6.53. The minimum atomic E-state index is -0.613. The molecule has 1 aromatic carbocycles. The van der Waals surface area contributed by atoms with E-state index in [0.29, 0.717) is 17.5 Å². The number of nitro groups is 1. The van der Waals surface area contributed by atoms with Crippen molar-refractivity contribution in [1.82, 2.24) is 5.32 Å². The third-order valence-corrected chi connectivity index (χ3v) is 4.23. The fourth-order valence-electron chi connectivity index (χ4n) is 2.98. The lowest BCUT2D eigenvalue weighted by molar-refractivity contribution is -0.384. The number of nitrogens with zero attached hydrogens (tertiary/aromatic N) is 2. The van der Waals surface area contributed by atoms with Crippen LogP contribution in [0.15, 0.2) is 12.1 Å². The van der Waals surface area contributed by atoms with Crippen LogP contribution in [0.25, 0.3) is 0 Å². The van der Waals surface area contributed by atoms with E-state index < -0.39 is 10.7 Å². The Morgan fingerprint density at radius 1 is 1.37 bits per heavy atom. The summed E-state index contributed by atoms with van der Waals surface area (Å²) in [7, 11) is 0. The van der Waals surface area contributed by atoms with Crippen molar-refractivity contribution in [1.29, 1.82) is 0 Å². The Kier molecular flexibility index (Phi) is 3.06. The Bertz CT molecular complexity index is 528. The molecule has 1 aromatic rings. The molecule has 2 heterocycles. The molecule has 0 spiro atoms. The van der Waals surface area contributed by atoms with Crippen LogP contribution in [0.2, 0.25) is 5.02 Å². The number of fused-ring (bicyclic) bond motifs is 1. The highest BCUT2D eigenvalue weighted by molar-refractivity contribution is 6.31. The van der Waals surface area contributed by atoms with Gasteiger partial charge in [0.15, 0.2) is 0 Å². The smallest absolute Gasteiger partial charge is 0.294 e. The summed E-state index contributed by atoms with van der Waals surface area (Å²) >= 11 is 5.62. The molecular formula is C12H13ClFN3O2. The van der Waals surface area contributed by atoms with Gasteiger partial charge in [-0.1, -0.05) is 11.6 Å². The van der Waals surface area contributed by atoms with Crippen molar-refractivity contribution in [3.63, 3.8) is 0 Å². The lowest BCUT2D eigenvalue weighted by Gasteiger charge is -2.19. The van der Waals surface area contributed by atoms with Gasteiger partial charge in [-0.05, 0) is 11.8 Å². The summed E-state index contributed by atoms with van der Waals surface area (Å²) in [4.78, 5) is 12.5. The Morgan fingerprint density at radius 2 is 2.00 bits per heavy atom. The maximum Gasteiger partial charge on any atom is 0.294 e. The molecule has 0 saturated carbocycles. The molecule has 2 aliphatic rings. The number of nitro benzene ring substituents is 1. The maximum absolute atomic E-state index is 13.6. The van der Waals surface area contributed by atoms with Gasteiger partial charge < -0.3 is 10.2 Å². The zero-order valence-corrected chi connectivity index (χ0v) is 10.9. The van der Waals surface area contributed by atoms with E-state index >= 15 is 0 Å². The van der Waals surface area contributed by atoms with E-state index in [1.807, 2.05) is 4.90 Å². The zero-order valence-electron chi connectivity index (χ0n) is 10.1. The van der Waals surface area contributed by atoms with Gasteiger partial charge in [0.2, 0.25) is 0 Å². The first-order valence-electron chi connectivity index (χ1n) is 6.15. The minimum Gasteiger partial charge on any atom is -0.365 e. The van der Waals surface area contributed by atoms with E-state index in [1.54, 1.807) is 0 Å². The van der Waals surface area contributed by atoms with Crippen molar-refractivity contribution in [2.75, 3.05) is 31.1 Å². The highest BCUT2D eigenvalue weighted by Gasteiger charge is 2.38. The number of hydrogen-bond donors (Lipinski definition) is 1. The molecular weight excluding hydrogens is 273 g/mol. The summed E-state index contributed by atoms with van der Waals surface area (Å²) < 4.78 is 13.6.